The average molecular weight is 186 g/mol. The summed E-state index contributed by atoms with van der Waals surface area (Å²) in [6, 6.07) is 5.50. The van der Waals surface area contributed by atoms with E-state index in [1.807, 2.05) is 19.1 Å². The topological polar surface area (TPSA) is 12.4 Å². The van der Waals surface area contributed by atoms with Gasteiger partial charge in [-0.3, -0.25) is 4.99 Å². The molecule has 0 aliphatic heterocycles. The number of rotatable bonds is 1. The quantitative estimate of drug-likeness (QED) is 0.509. The van der Waals surface area contributed by atoms with Crippen molar-refractivity contribution in [3.05, 3.63) is 23.2 Å². The van der Waals surface area contributed by atoms with Gasteiger partial charge < -0.3 is 0 Å². The zero-order valence-corrected chi connectivity index (χ0v) is 7.73. The first-order valence-corrected chi connectivity index (χ1v) is 4.04. The Labute approximate surface area is 76.5 Å². The fourth-order valence-corrected chi connectivity index (χ4v) is 1.31. The molecule has 0 N–H and O–H groups in total. The smallest absolute Gasteiger partial charge is 0.0944 e. The molecule has 0 radical (unpaired) electrons. The van der Waals surface area contributed by atoms with Gasteiger partial charge in [0.15, 0.2) is 0 Å². The average Bonchev–Trinajstić information content (AvgIpc) is 1.97. The van der Waals surface area contributed by atoms with E-state index in [1.165, 1.54) is 0 Å². The minimum Gasteiger partial charge on any atom is -0.259 e. The molecule has 11 heavy (non-hydrogen) atoms. The summed E-state index contributed by atoms with van der Waals surface area (Å²) in [5, 5.41) is 0.635. The van der Waals surface area contributed by atoms with Crippen LogP contribution in [0, 0.1) is 0 Å². The molecule has 0 atom stereocenters. The molecule has 0 heterocycles. The molecule has 58 valence electrons. The van der Waals surface area contributed by atoms with Gasteiger partial charge in [0, 0.05) is 11.1 Å². The third-order valence-corrected chi connectivity index (χ3v) is 1.89. The maximum atomic E-state index is 5.85. The van der Waals surface area contributed by atoms with Crippen LogP contribution in [-0.2, 0) is 0 Å². The summed E-state index contributed by atoms with van der Waals surface area (Å²) in [5.74, 6) is 0. The van der Waals surface area contributed by atoms with E-state index < -0.39 is 0 Å². The molecule has 0 aliphatic carbocycles. The van der Waals surface area contributed by atoms with Gasteiger partial charge in [0.1, 0.15) is 0 Å². The van der Waals surface area contributed by atoms with Crippen molar-refractivity contribution in [3.63, 3.8) is 0 Å². The molecule has 0 fully saturated rings. The molecule has 0 amide bonds. The Balaban J connectivity index is 3.20. The normalized spacial score (nSPS) is 10.8. The van der Waals surface area contributed by atoms with E-state index >= 15 is 0 Å². The number of halogens is 1. The summed E-state index contributed by atoms with van der Waals surface area (Å²) in [6.45, 7) is 1.84. The standard InChI is InChI=1S/C8H8ClNS/c1-2-10-8-6(9)4-3-5-7(8)11/h2-5,11H,1H3. The van der Waals surface area contributed by atoms with Crippen LogP contribution in [0.3, 0.4) is 0 Å². The van der Waals surface area contributed by atoms with Crippen LogP contribution >= 0.6 is 24.2 Å². The molecular formula is C8H8ClNS. The maximum absolute atomic E-state index is 5.85. The van der Waals surface area contributed by atoms with Crippen LogP contribution in [0.25, 0.3) is 0 Å². The van der Waals surface area contributed by atoms with Gasteiger partial charge in [0.05, 0.1) is 10.7 Å². The molecule has 1 aromatic rings. The van der Waals surface area contributed by atoms with Gasteiger partial charge in [0.25, 0.3) is 0 Å². The van der Waals surface area contributed by atoms with Crippen molar-refractivity contribution in [1.82, 2.24) is 0 Å². The highest BCUT2D eigenvalue weighted by molar-refractivity contribution is 7.80. The van der Waals surface area contributed by atoms with Gasteiger partial charge in [-0.15, -0.1) is 12.6 Å². The molecule has 3 heteroatoms. The van der Waals surface area contributed by atoms with Gasteiger partial charge in [-0.05, 0) is 19.1 Å². The summed E-state index contributed by atoms with van der Waals surface area (Å²) in [7, 11) is 0. The van der Waals surface area contributed by atoms with E-state index in [4.69, 9.17) is 11.6 Å². The van der Waals surface area contributed by atoms with Gasteiger partial charge >= 0.3 is 0 Å². The van der Waals surface area contributed by atoms with Crippen LogP contribution in [0.4, 0.5) is 5.69 Å². The van der Waals surface area contributed by atoms with Crippen molar-refractivity contribution in [2.24, 2.45) is 4.99 Å². The van der Waals surface area contributed by atoms with Gasteiger partial charge in [-0.1, -0.05) is 17.7 Å². The summed E-state index contributed by atoms with van der Waals surface area (Å²) >= 11 is 10.0. The summed E-state index contributed by atoms with van der Waals surface area (Å²) < 4.78 is 0. The number of hydrogen-bond donors (Lipinski definition) is 1. The van der Waals surface area contributed by atoms with Crippen LogP contribution in [0.1, 0.15) is 6.92 Å². The molecule has 0 bridgehead atoms. The Morgan fingerprint density at radius 2 is 2.27 bits per heavy atom. The first-order chi connectivity index (χ1) is 5.25. The Morgan fingerprint density at radius 1 is 1.55 bits per heavy atom. The lowest BCUT2D eigenvalue weighted by atomic mass is 10.3. The first-order valence-electron chi connectivity index (χ1n) is 3.22. The van der Waals surface area contributed by atoms with Crippen molar-refractivity contribution in [3.8, 4) is 0 Å². The molecule has 0 saturated heterocycles. The van der Waals surface area contributed by atoms with E-state index in [1.54, 1.807) is 12.3 Å². The molecule has 1 nitrogen and oxygen atoms in total. The van der Waals surface area contributed by atoms with E-state index in [0.29, 0.717) is 5.02 Å². The fourth-order valence-electron chi connectivity index (χ4n) is 0.761. The lowest BCUT2D eigenvalue weighted by molar-refractivity contribution is 1.39. The van der Waals surface area contributed by atoms with Crippen molar-refractivity contribution in [2.45, 2.75) is 11.8 Å². The van der Waals surface area contributed by atoms with Crippen molar-refractivity contribution in [2.75, 3.05) is 0 Å². The van der Waals surface area contributed by atoms with Gasteiger partial charge in [0.2, 0.25) is 0 Å². The van der Waals surface area contributed by atoms with Crippen LogP contribution in [0.5, 0.6) is 0 Å². The molecule has 1 rings (SSSR count). The molecular weight excluding hydrogens is 178 g/mol. The minimum absolute atomic E-state index is 0.635. The van der Waals surface area contributed by atoms with E-state index in [-0.39, 0.29) is 0 Å². The maximum Gasteiger partial charge on any atom is 0.0944 e. The lowest BCUT2D eigenvalue weighted by Crippen LogP contribution is -1.71. The van der Waals surface area contributed by atoms with E-state index in [9.17, 15) is 0 Å². The molecule has 0 unspecified atom stereocenters. The summed E-state index contributed by atoms with van der Waals surface area (Å²) in [4.78, 5) is 4.87. The van der Waals surface area contributed by atoms with E-state index in [0.717, 1.165) is 10.6 Å². The second-order valence-corrected chi connectivity index (χ2v) is 2.88. The minimum atomic E-state index is 0.635. The number of aliphatic imine (C=N–C) groups is 1. The lowest BCUT2D eigenvalue weighted by Gasteiger charge is -1.99. The highest BCUT2D eigenvalue weighted by atomic mass is 35.5. The van der Waals surface area contributed by atoms with Crippen LogP contribution < -0.4 is 0 Å². The molecule has 0 aromatic heterocycles. The zero-order chi connectivity index (χ0) is 8.27. The second kappa shape index (κ2) is 3.79. The van der Waals surface area contributed by atoms with Crippen molar-refractivity contribution < 1.29 is 0 Å². The monoisotopic (exact) mass is 185 g/mol. The van der Waals surface area contributed by atoms with E-state index in [2.05, 4.69) is 17.6 Å². The Kier molecular flexibility index (Phi) is 2.97. The fraction of sp³-hybridized carbons (Fsp3) is 0.125. The third kappa shape index (κ3) is 1.98. The van der Waals surface area contributed by atoms with Crippen molar-refractivity contribution in [1.29, 1.82) is 0 Å². The predicted molar refractivity (Wildman–Crippen MR) is 52.5 cm³/mol. The molecule has 0 aliphatic rings. The highest BCUT2D eigenvalue weighted by Crippen LogP contribution is 2.30. The van der Waals surface area contributed by atoms with Crippen LogP contribution in [-0.4, -0.2) is 6.21 Å². The first kappa shape index (κ1) is 8.62. The number of hydrogen-bond acceptors (Lipinski definition) is 2. The molecule has 0 spiro atoms. The Bertz CT molecular complexity index is 263. The second-order valence-electron chi connectivity index (χ2n) is 1.99. The number of nitrogens with zero attached hydrogens (tertiary/aromatic N) is 1. The molecule has 1 aromatic carbocycles. The molecule has 0 saturated carbocycles. The predicted octanol–water partition coefficient (Wildman–Crippen LogP) is 3.35. The van der Waals surface area contributed by atoms with Crippen LogP contribution in [0.2, 0.25) is 5.02 Å². The van der Waals surface area contributed by atoms with Gasteiger partial charge in [-0.2, -0.15) is 0 Å². The van der Waals surface area contributed by atoms with Crippen molar-refractivity contribution >= 4 is 36.1 Å². The van der Waals surface area contributed by atoms with Crippen LogP contribution in [0.15, 0.2) is 28.1 Å². The Hall–Kier alpha value is -0.470. The number of thiol groups is 1. The van der Waals surface area contributed by atoms with Gasteiger partial charge in [-0.25, -0.2) is 0 Å². The SMILES string of the molecule is CC=Nc1c(S)cccc1Cl. The summed E-state index contributed by atoms with van der Waals surface area (Å²) in [5.41, 5.74) is 0.736. The summed E-state index contributed by atoms with van der Waals surface area (Å²) in [6.07, 6.45) is 1.70. The third-order valence-electron chi connectivity index (χ3n) is 1.22. The highest BCUT2D eigenvalue weighted by Gasteiger charge is 1.99. The zero-order valence-electron chi connectivity index (χ0n) is 6.08. The Morgan fingerprint density at radius 3 is 2.82 bits per heavy atom. The number of benzene rings is 1. The largest absolute Gasteiger partial charge is 0.259 e. The number of para-hydroxylation sites is 1.